The fourth-order valence-corrected chi connectivity index (χ4v) is 6.00. The van der Waals surface area contributed by atoms with E-state index in [9.17, 15) is 0 Å². The van der Waals surface area contributed by atoms with Crippen molar-refractivity contribution in [1.29, 1.82) is 0 Å². The molecule has 0 fully saturated rings. The van der Waals surface area contributed by atoms with Gasteiger partial charge in [-0.2, -0.15) is 0 Å². The molecule has 0 unspecified atom stereocenters. The average Bonchev–Trinajstić information content (AvgIpc) is 3.10. The van der Waals surface area contributed by atoms with Gasteiger partial charge >= 0.3 is 0 Å². The zero-order chi connectivity index (χ0) is 12.5. The van der Waals surface area contributed by atoms with E-state index in [1.807, 2.05) is 0 Å². The van der Waals surface area contributed by atoms with Gasteiger partial charge in [0, 0.05) is 0 Å². The second-order valence-corrected chi connectivity index (χ2v) is 8.62. The van der Waals surface area contributed by atoms with E-state index in [1.165, 1.54) is 13.4 Å². The topological polar surface area (TPSA) is 21.6 Å². The predicted octanol–water partition coefficient (Wildman–Crippen LogP) is 4.84. The van der Waals surface area contributed by atoms with Crippen molar-refractivity contribution in [3.05, 3.63) is 29.6 Å². The molecule has 2 nitrogen and oxygen atoms in total. The van der Waals surface area contributed by atoms with Crippen molar-refractivity contribution in [3.63, 3.8) is 0 Å². The highest BCUT2D eigenvalue weighted by Gasteiger charge is 2.28. The SMILES string of the molecule is CC(C)[C@H]1COC(C2=CSC(=C3SC=CS3)S2)=N1. The van der Waals surface area contributed by atoms with Gasteiger partial charge < -0.3 is 4.74 Å². The molecule has 3 aliphatic heterocycles. The number of ether oxygens (including phenoxy) is 1. The van der Waals surface area contributed by atoms with Gasteiger partial charge in [-0.25, -0.2) is 4.99 Å². The van der Waals surface area contributed by atoms with E-state index in [0.29, 0.717) is 12.0 Å². The van der Waals surface area contributed by atoms with E-state index in [1.54, 1.807) is 47.0 Å². The van der Waals surface area contributed by atoms with E-state index in [4.69, 9.17) is 4.74 Å². The lowest BCUT2D eigenvalue weighted by atomic mass is 10.1. The molecule has 0 aliphatic carbocycles. The Bertz CT molecular complexity index is 468. The summed E-state index contributed by atoms with van der Waals surface area (Å²) in [5.74, 6) is 1.38. The molecular weight excluding hydrogens is 302 g/mol. The zero-order valence-corrected chi connectivity index (χ0v) is 13.3. The highest BCUT2D eigenvalue weighted by molar-refractivity contribution is 8.33. The first kappa shape index (κ1) is 13.1. The molecule has 0 aromatic carbocycles. The summed E-state index contributed by atoms with van der Waals surface area (Å²) in [6, 6.07) is 0.320. The number of rotatable bonds is 2. The molecule has 3 heterocycles. The van der Waals surface area contributed by atoms with E-state index in [0.717, 1.165) is 12.5 Å². The molecule has 0 N–H and O–H groups in total. The van der Waals surface area contributed by atoms with Crippen molar-refractivity contribution in [2.75, 3.05) is 6.61 Å². The van der Waals surface area contributed by atoms with Crippen molar-refractivity contribution < 1.29 is 4.74 Å². The average molecular weight is 316 g/mol. The summed E-state index contributed by atoms with van der Waals surface area (Å²) >= 11 is 7.16. The Kier molecular flexibility index (Phi) is 4.08. The number of hydrogen-bond acceptors (Lipinski definition) is 6. The third-order valence-electron chi connectivity index (χ3n) is 2.70. The van der Waals surface area contributed by atoms with Crippen LogP contribution < -0.4 is 0 Å². The molecule has 18 heavy (non-hydrogen) atoms. The van der Waals surface area contributed by atoms with Crippen molar-refractivity contribution in [2.45, 2.75) is 19.9 Å². The van der Waals surface area contributed by atoms with Crippen molar-refractivity contribution >= 4 is 52.9 Å². The van der Waals surface area contributed by atoms with Gasteiger partial charge in [-0.3, -0.25) is 0 Å². The maximum absolute atomic E-state index is 5.72. The monoisotopic (exact) mass is 315 g/mol. The molecule has 3 aliphatic rings. The summed E-state index contributed by atoms with van der Waals surface area (Å²) in [7, 11) is 0. The first-order valence-corrected chi connectivity index (χ1v) is 9.18. The van der Waals surface area contributed by atoms with Gasteiger partial charge in [0.25, 0.3) is 0 Å². The molecule has 96 valence electrons. The number of nitrogens with zero attached hydrogens (tertiary/aromatic N) is 1. The van der Waals surface area contributed by atoms with Crippen LogP contribution in [0, 0.1) is 5.92 Å². The van der Waals surface area contributed by atoms with Gasteiger partial charge in [0.1, 0.15) is 6.61 Å². The first-order valence-electron chi connectivity index (χ1n) is 5.72. The van der Waals surface area contributed by atoms with Crippen LogP contribution in [-0.4, -0.2) is 18.5 Å². The van der Waals surface area contributed by atoms with Gasteiger partial charge in [-0.05, 0) is 22.1 Å². The van der Waals surface area contributed by atoms with Crippen LogP contribution in [0.2, 0.25) is 0 Å². The van der Waals surface area contributed by atoms with E-state index in [2.05, 4.69) is 35.1 Å². The Morgan fingerprint density at radius 1 is 1.22 bits per heavy atom. The largest absolute Gasteiger partial charge is 0.475 e. The molecule has 0 radical (unpaired) electrons. The minimum Gasteiger partial charge on any atom is -0.475 e. The summed E-state index contributed by atoms with van der Waals surface area (Å²) in [6.07, 6.45) is 0. The molecule has 0 saturated carbocycles. The molecule has 0 bridgehead atoms. The van der Waals surface area contributed by atoms with Crippen molar-refractivity contribution in [3.8, 4) is 0 Å². The van der Waals surface area contributed by atoms with Crippen LogP contribution in [0.4, 0.5) is 0 Å². The van der Waals surface area contributed by atoms with E-state index >= 15 is 0 Å². The summed E-state index contributed by atoms with van der Waals surface area (Å²) in [5, 5.41) is 6.42. The third kappa shape index (κ3) is 2.66. The highest BCUT2D eigenvalue weighted by atomic mass is 32.2. The van der Waals surface area contributed by atoms with Gasteiger partial charge in [-0.1, -0.05) is 60.9 Å². The van der Waals surface area contributed by atoms with Crippen LogP contribution in [0.1, 0.15) is 13.8 Å². The summed E-state index contributed by atoms with van der Waals surface area (Å²) in [5.41, 5.74) is 0. The Morgan fingerprint density at radius 3 is 2.67 bits per heavy atom. The van der Waals surface area contributed by atoms with Gasteiger partial charge in [0.15, 0.2) is 0 Å². The second-order valence-electron chi connectivity index (χ2n) is 4.34. The molecule has 0 aromatic heterocycles. The minimum absolute atomic E-state index is 0.320. The quantitative estimate of drug-likeness (QED) is 0.725. The molecule has 6 heteroatoms. The third-order valence-corrected chi connectivity index (χ3v) is 7.71. The molecule has 0 aromatic rings. The standard InChI is InChI=1S/C12H13NOS4/c1-7(2)8-5-14-10(13-8)9-6-17-12(18-9)11-15-3-4-16-11/h3-4,6-8H,5H2,1-2H3/t8-/m1/s1. The lowest BCUT2D eigenvalue weighted by Crippen LogP contribution is -2.13. The van der Waals surface area contributed by atoms with Crippen LogP contribution in [0.15, 0.2) is 34.6 Å². The van der Waals surface area contributed by atoms with Crippen LogP contribution >= 0.6 is 47.0 Å². The van der Waals surface area contributed by atoms with Crippen LogP contribution in [0.3, 0.4) is 0 Å². The normalized spacial score (nSPS) is 26.9. The smallest absolute Gasteiger partial charge is 0.224 e. The Labute approximate surface area is 124 Å². The van der Waals surface area contributed by atoms with Gasteiger partial charge in [0.05, 0.1) is 19.4 Å². The number of aliphatic imine (C=N–C) groups is 1. The maximum Gasteiger partial charge on any atom is 0.224 e. The number of thioether (sulfide) groups is 4. The number of hydrogen-bond donors (Lipinski definition) is 0. The Balaban J connectivity index is 1.69. The summed E-state index contributed by atoms with van der Waals surface area (Å²) in [4.78, 5) is 5.84. The molecule has 0 amide bonds. The lowest BCUT2D eigenvalue weighted by molar-refractivity contribution is 0.292. The second kappa shape index (κ2) is 5.61. The van der Waals surface area contributed by atoms with Crippen LogP contribution in [-0.2, 0) is 4.74 Å². The lowest BCUT2D eigenvalue weighted by Gasteiger charge is -2.06. The molecule has 3 rings (SSSR count). The predicted molar refractivity (Wildman–Crippen MR) is 86.6 cm³/mol. The van der Waals surface area contributed by atoms with Gasteiger partial charge in [-0.15, -0.1) is 0 Å². The zero-order valence-electron chi connectivity index (χ0n) is 10.1. The van der Waals surface area contributed by atoms with Crippen LogP contribution in [0.25, 0.3) is 0 Å². The molecular formula is C12H13NOS4. The Morgan fingerprint density at radius 2 is 2.00 bits per heavy atom. The fourth-order valence-electron chi connectivity index (χ4n) is 1.61. The summed E-state index contributed by atoms with van der Waals surface area (Å²) < 4.78 is 8.44. The van der Waals surface area contributed by atoms with Crippen molar-refractivity contribution in [2.24, 2.45) is 10.9 Å². The fraction of sp³-hybridized carbons (Fsp3) is 0.417. The molecule has 0 saturated heterocycles. The minimum atomic E-state index is 0.320. The van der Waals surface area contributed by atoms with Crippen molar-refractivity contribution in [1.82, 2.24) is 0 Å². The van der Waals surface area contributed by atoms with E-state index in [-0.39, 0.29) is 0 Å². The Hall–Kier alpha value is 0.0900. The highest BCUT2D eigenvalue weighted by Crippen LogP contribution is 2.53. The maximum atomic E-state index is 5.72. The molecule has 1 atom stereocenters. The summed E-state index contributed by atoms with van der Waals surface area (Å²) in [6.45, 7) is 5.11. The first-order chi connectivity index (χ1) is 8.74. The molecule has 0 spiro atoms. The van der Waals surface area contributed by atoms with Crippen LogP contribution in [0.5, 0.6) is 0 Å². The van der Waals surface area contributed by atoms with Gasteiger partial charge in [0.2, 0.25) is 5.90 Å². The van der Waals surface area contributed by atoms with E-state index < -0.39 is 0 Å².